The van der Waals surface area contributed by atoms with Gasteiger partial charge in [0.1, 0.15) is 5.82 Å². The molecule has 2 rings (SSSR count). The summed E-state index contributed by atoms with van der Waals surface area (Å²) < 4.78 is 26.5. The number of hydrogen-bond acceptors (Lipinski definition) is 5. The van der Waals surface area contributed by atoms with Crippen molar-refractivity contribution in [2.24, 2.45) is 0 Å². The van der Waals surface area contributed by atoms with Crippen molar-refractivity contribution in [1.29, 1.82) is 5.26 Å². The average molecular weight is 266 g/mol. The van der Waals surface area contributed by atoms with Gasteiger partial charge in [0.25, 0.3) is 6.43 Å². The molecule has 0 bridgehead atoms. The van der Waals surface area contributed by atoms with Gasteiger partial charge in [-0.1, -0.05) is 0 Å². The highest BCUT2D eigenvalue weighted by atomic mass is 19.3. The zero-order valence-electron chi connectivity index (χ0n) is 10.5. The molecule has 0 fully saturated rings. The Morgan fingerprint density at radius 2 is 2.16 bits per heavy atom. The number of anilines is 1. The normalized spacial score (nSPS) is 12.6. The summed E-state index contributed by atoms with van der Waals surface area (Å²) >= 11 is 0. The summed E-state index contributed by atoms with van der Waals surface area (Å²) in [6.45, 7) is 1.86. The summed E-state index contributed by atoms with van der Waals surface area (Å²) in [5.74, 6) is -0.00450. The predicted molar refractivity (Wildman–Crippen MR) is 63.8 cm³/mol. The lowest BCUT2D eigenvalue weighted by Crippen LogP contribution is -2.29. The minimum Gasteiger partial charge on any atom is -0.355 e. The number of hydrogen-bond donors (Lipinski definition) is 0. The predicted octanol–water partition coefficient (Wildman–Crippen LogP) is 1.80. The standard InChI is InChI=1S/C11H12F2N6/c1-7(5-6-14)18(2)9-4-3-8-15-16-11(10(12)13)19(8)17-9/h3-4,7,10H,5H2,1-2H3. The van der Waals surface area contributed by atoms with Crippen molar-refractivity contribution in [3.05, 3.63) is 18.0 Å². The number of nitrogens with zero attached hydrogens (tertiary/aromatic N) is 6. The minimum atomic E-state index is -2.74. The Morgan fingerprint density at radius 3 is 2.79 bits per heavy atom. The Labute approximate surface area is 108 Å². The molecule has 0 radical (unpaired) electrons. The van der Waals surface area contributed by atoms with E-state index >= 15 is 0 Å². The van der Waals surface area contributed by atoms with Crippen molar-refractivity contribution >= 4 is 11.5 Å². The van der Waals surface area contributed by atoms with Gasteiger partial charge in [0.2, 0.25) is 5.82 Å². The molecule has 19 heavy (non-hydrogen) atoms. The molecular weight excluding hydrogens is 254 g/mol. The Hall–Kier alpha value is -2.30. The smallest absolute Gasteiger partial charge is 0.299 e. The summed E-state index contributed by atoms with van der Waals surface area (Å²) in [4.78, 5) is 1.75. The van der Waals surface area contributed by atoms with Gasteiger partial charge in [-0.3, -0.25) is 0 Å². The molecule has 0 saturated heterocycles. The summed E-state index contributed by atoms with van der Waals surface area (Å²) in [7, 11) is 1.75. The summed E-state index contributed by atoms with van der Waals surface area (Å²) in [6.07, 6.45) is -2.42. The van der Waals surface area contributed by atoms with E-state index in [1.54, 1.807) is 24.1 Å². The zero-order valence-corrected chi connectivity index (χ0v) is 10.5. The first kappa shape index (κ1) is 13.1. The van der Waals surface area contributed by atoms with Crippen molar-refractivity contribution in [2.45, 2.75) is 25.8 Å². The van der Waals surface area contributed by atoms with Crippen LogP contribution in [0.3, 0.4) is 0 Å². The van der Waals surface area contributed by atoms with E-state index in [4.69, 9.17) is 5.26 Å². The minimum absolute atomic E-state index is 0.0681. The van der Waals surface area contributed by atoms with Crippen LogP contribution in [0, 0.1) is 11.3 Å². The highest BCUT2D eigenvalue weighted by molar-refractivity contribution is 5.46. The maximum Gasteiger partial charge on any atom is 0.299 e. The van der Waals surface area contributed by atoms with E-state index in [1.165, 1.54) is 0 Å². The average Bonchev–Trinajstić information content (AvgIpc) is 2.80. The van der Waals surface area contributed by atoms with Crippen molar-refractivity contribution in [1.82, 2.24) is 19.8 Å². The van der Waals surface area contributed by atoms with Crippen LogP contribution in [0.4, 0.5) is 14.6 Å². The molecule has 0 N–H and O–H groups in total. The van der Waals surface area contributed by atoms with E-state index in [9.17, 15) is 8.78 Å². The molecule has 0 amide bonds. The van der Waals surface area contributed by atoms with E-state index in [2.05, 4.69) is 21.4 Å². The molecule has 2 aromatic heterocycles. The van der Waals surface area contributed by atoms with Crippen LogP contribution in [-0.2, 0) is 0 Å². The monoisotopic (exact) mass is 266 g/mol. The summed E-state index contributed by atoms with van der Waals surface area (Å²) in [5.41, 5.74) is 0.264. The first-order chi connectivity index (χ1) is 9.04. The highest BCUT2D eigenvalue weighted by Gasteiger charge is 2.18. The van der Waals surface area contributed by atoms with Gasteiger partial charge >= 0.3 is 0 Å². The fourth-order valence-electron chi connectivity index (χ4n) is 1.61. The van der Waals surface area contributed by atoms with Crippen molar-refractivity contribution in [3.63, 3.8) is 0 Å². The van der Waals surface area contributed by atoms with Crippen LogP contribution in [0.5, 0.6) is 0 Å². The maximum absolute atomic E-state index is 12.7. The molecule has 0 aliphatic rings. The fraction of sp³-hybridized carbons (Fsp3) is 0.455. The van der Waals surface area contributed by atoms with Crippen LogP contribution in [0.2, 0.25) is 0 Å². The van der Waals surface area contributed by atoms with Crippen molar-refractivity contribution < 1.29 is 8.78 Å². The highest BCUT2D eigenvalue weighted by Crippen LogP contribution is 2.19. The number of alkyl halides is 2. The molecule has 100 valence electrons. The van der Waals surface area contributed by atoms with Gasteiger partial charge < -0.3 is 4.90 Å². The van der Waals surface area contributed by atoms with Crippen LogP contribution in [0.25, 0.3) is 5.65 Å². The van der Waals surface area contributed by atoms with Gasteiger partial charge in [0, 0.05) is 13.1 Å². The van der Waals surface area contributed by atoms with E-state index in [1.807, 2.05) is 6.92 Å². The van der Waals surface area contributed by atoms with Crippen LogP contribution in [0.15, 0.2) is 12.1 Å². The lowest BCUT2D eigenvalue weighted by atomic mass is 10.2. The molecule has 6 nitrogen and oxygen atoms in total. The lowest BCUT2D eigenvalue weighted by molar-refractivity contribution is 0.137. The van der Waals surface area contributed by atoms with E-state index < -0.39 is 12.2 Å². The Kier molecular flexibility index (Phi) is 3.55. The Bertz CT molecular complexity index is 617. The molecule has 1 atom stereocenters. The number of nitriles is 1. The van der Waals surface area contributed by atoms with Gasteiger partial charge in [0.05, 0.1) is 12.5 Å². The third kappa shape index (κ3) is 2.45. The van der Waals surface area contributed by atoms with E-state index in [0.717, 1.165) is 4.52 Å². The molecule has 0 spiro atoms. The van der Waals surface area contributed by atoms with E-state index in [-0.39, 0.29) is 11.7 Å². The van der Waals surface area contributed by atoms with Gasteiger partial charge in [-0.25, -0.2) is 8.78 Å². The fourth-order valence-corrected chi connectivity index (χ4v) is 1.61. The van der Waals surface area contributed by atoms with Crippen LogP contribution in [0.1, 0.15) is 25.6 Å². The van der Waals surface area contributed by atoms with Crippen molar-refractivity contribution in [3.8, 4) is 6.07 Å². The molecule has 2 heterocycles. The first-order valence-corrected chi connectivity index (χ1v) is 5.65. The zero-order chi connectivity index (χ0) is 14.0. The van der Waals surface area contributed by atoms with Crippen LogP contribution in [-0.4, -0.2) is 32.9 Å². The molecule has 0 aromatic carbocycles. The second-order valence-electron chi connectivity index (χ2n) is 4.14. The third-order valence-corrected chi connectivity index (χ3v) is 2.88. The molecule has 2 aromatic rings. The molecule has 0 saturated carbocycles. The Balaban J connectivity index is 2.40. The summed E-state index contributed by atoms with van der Waals surface area (Å²) in [6, 6.07) is 5.22. The van der Waals surface area contributed by atoms with Gasteiger partial charge in [0.15, 0.2) is 5.65 Å². The number of fused-ring (bicyclic) bond motifs is 1. The van der Waals surface area contributed by atoms with Gasteiger partial charge in [-0.2, -0.15) is 9.78 Å². The second-order valence-corrected chi connectivity index (χ2v) is 4.14. The topological polar surface area (TPSA) is 70.1 Å². The van der Waals surface area contributed by atoms with E-state index in [0.29, 0.717) is 12.2 Å². The van der Waals surface area contributed by atoms with Crippen LogP contribution >= 0.6 is 0 Å². The summed E-state index contributed by atoms with van der Waals surface area (Å²) in [5, 5.41) is 19.8. The SMILES string of the molecule is CC(CC#N)N(C)c1ccc2nnc(C(F)F)n2n1. The largest absolute Gasteiger partial charge is 0.355 e. The Morgan fingerprint density at radius 1 is 1.42 bits per heavy atom. The number of halogens is 2. The van der Waals surface area contributed by atoms with Crippen LogP contribution < -0.4 is 4.90 Å². The molecule has 1 unspecified atom stereocenters. The molecular formula is C11H12F2N6. The number of aromatic nitrogens is 4. The first-order valence-electron chi connectivity index (χ1n) is 5.65. The number of rotatable bonds is 4. The third-order valence-electron chi connectivity index (χ3n) is 2.88. The molecule has 0 aliphatic carbocycles. The lowest BCUT2D eigenvalue weighted by Gasteiger charge is -2.23. The van der Waals surface area contributed by atoms with Gasteiger partial charge in [-0.15, -0.1) is 15.3 Å². The second kappa shape index (κ2) is 5.14. The molecule has 0 aliphatic heterocycles. The quantitative estimate of drug-likeness (QED) is 0.843. The molecule has 8 heteroatoms. The van der Waals surface area contributed by atoms with Crippen molar-refractivity contribution in [2.75, 3.05) is 11.9 Å². The van der Waals surface area contributed by atoms with Gasteiger partial charge in [-0.05, 0) is 19.1 Å². The maximum atomic E-state index is 12.7.